The molecule has 0 fully saturated rings. The number of para-hydroxylation sites is 1. The van der Waals surface area contributed by atoms with Crippen molar-refractivity contribution in [2.45, 2.75) is 26.7 Å². The zero-order chi connectivity index (χ0) is 15.1. The Kier molecular flexibility index (Phi) is 5.96. The molecule has 0 heterocycles. The molecule has 1 amide bonds. The van der Waals surface area contributed by atoms with Gasteiger partial charge >= 0.3 is 0 Å². The third kappa shape index (κ3) is 3.46. The Morgan fingerprint density at radius 2 is 2.10 bits per heavy atom. The third-order valence-electron chi connectivity index (χ3n) is 3.07. The van der Waals surface area contributed by atoms with Crippen molar-refractivity contribution in [2.75, 3.05) is 11.4 Å². The zero-order valence-corrected chi connectivity index (χ0v) is 11.7. The first-order chi connectivity index (χ1) is 9.56. The molecule has 0 saturated carbocycles. The molecule has 0 saturated heterocycles. The highest BCUT2D eigenvalue weighted by Crippen LogP contribution is 2.22. The largest absolute Gasteiger partial charge is 0.409 e. The van der Waals surface area contributed by atoms with Crippen LogP contribution in [0.1, 0.15) is 26.7 Å². The van der Waals surface area contributed by atoms with Gasteiger partial charge in [-0.25, -0.2) is 4.39 Å². The molecule has 0 spiro atoms. The number of hydrogen-bond donors (Lipinski definition) is 2. The Labute approximate surface area is 117 Å². The number of anilines is 1. The van der Waals surface area contributed by atoms with E-state index < -0.39 is 11.7 Å². The van der Waals surface area contributed by atoms with Gasteiger partial charge in [-0.1, -0.05) is 30.6 Å². The third-order valence-corrected chi connectivity index (χ3v) is 3.07. The molecule has 1 rings (SSSR count). The van der Waals surface area contributed by atoms with Crippen LogP contribution in [0.15, 0.2) is 29.4 Å². The highest BCUT2D eigenvalue weighted by molar-refractivity contribution is 6.08. The molecule has 1 aromatic rings. The van der Waals surface area contributed by atoms with Gasteiger partial charge in [-0.2, -0.15) is 0 Å². The first kappa shape index (κ1) is 15.9. The molecule has 3 N–H and O–H groups in total. The molecule has 6 heteroatoms. The normalized spacial score (nSPS) is 13.1. The summed E-state index contributed by atoms with van der Waals surface area (Å²) in [7, 11) is 0. The number of nitrogens with zero attached hydrogens (tertiary/aromatic N) is 2. The van der Waals surface area contributed by atoms with E-state index in [1.165, 1.54) is 17.0 Å². The van der Waals surface area contributed by atoms with Crippen LogP contribution in [0, 0.1) is 11.7 Å². The van der Waals surface area contributed by atoms with Crippen LogP contribution in [0.25, 0.3) is 0 Å². The second kappa shape index (κ2) is 7.47. The number of amides is 1. The van der Waals surface area contributed by atoms with Crippen LogP contribution in [0.3, 0.4) is 0 Å². The summed E-state index contributed by atoms with van der Waals surface area (Å²) in [6, 6.07) is 6.05. The molecule has 0 radical (unpaired) electrons. The average molecular weight is 281 g/mol. The molecule has 0 aromatic heterocycles. The summed E-state index contributed by atoms with van der Waals surface area (Å²) in [4.78, 5) is 13.8. The Hall–Kier alpha value is -2.11. The van der Waals surface area contributed by atoms with Gasteiger partial charge in [0.2, 0.25) is 5.91 Å². The van der Waals surface area contributed by atoms with Crippen molar-refractivity contribution in [1.29, 1.82) is 0 Å². The van der Waals surface area contributed by atoms with Gasteiger partial charge in [0.05, 0.1) is 11.6 Å². The van der Waals surface area contributed by atoms with Gasteiger partial charge < -0.3 is 15.8 Å². The van der Waals surface area contributed by atoms with Gasteiger partial charge in [-0.3, -0.25) is 4.79 Å². The molecule has 0 aliphatic rings. The summed E-state index contributed by atoms with van der Waals surface area (Å²) in [5.41, 5.74) is 5.77. The van der Waals surface area contributed by atoms with Gasteiger partial charge in [0.15, 0.2) is 5.84 Å². The standard InChI is InChI=1S/C14H20FN3O2/c1-3-7-10(13(16)17-20)14(19)18(4-2)12-9-6-5-8-11(12)15/h5-6,8-10,20H,3-4,7H2,1-2H3,(H2,16,17). The predicted molar refractivity (Wildman–Crippen MR) is 76.2 cm³/mol. The highest BCUT2D eigenvalue weighted by atomic mass is 19.1. The van der Waals surface area contributed by atoms with E-state index in [0.717, 1.165) is 0 Å². The lowest BCUT2D eigenvalue weighted by Crippen LogP contribution is -2.42. The van der Waals surface area contributed by atoms with Crippen molar-refractivity contribution in [3.63, 3.8) is 0 Å². The molecule has 110 valence electrons. The number of rotatable bonds is 6. The molecule has 20 heavy (non-hydrogen) atoms. The van der Waals surface area contributed by atoms with Gasteiger partial charge in [0, 0.05) is 6.54 Å². The molecule has 5 nitrogen and oxygen atoms in total. The van der Waals surface area contributed by atoms with Crippen molar-refractivity contribution >= 4 is 17.4 Å². The summed E-state index contributed by atoms with van der Waals surface area (Å²) >= 11 is 0. The molecule has 0 bridgehead atoms. The van der Waals surface area contributed by atoms with Gasteiger partial charge in [0.1, 0.15) is 5.82 Å². The number of carbonyl (C=O) groups is 1. The lowest BCUT2D eigenvalue weighted by atomic mass is 10.0. The summed E-state index contributed by atoms with van der Waals surface area (Å²) in [5, 5.41) is 11.7. The summed E-state index contributed by atoms with van der Waals surface area (Å²) in [6.45, 7) is 3.95. The number of halogens is 1. The Balaban J connectivity index is 3.10. The van der Waals surface area contributed by atoms with Crippen LogP contribution in [-0.4, -0.2) is 23.5 Å². The minimum absolute atomic E-state index is 0.147. The van der Waals surface area contributed by atoms with Crippen LogP contribution in [0.4, 0.5) is 10.1 Å². The van der Waals surface area contributed by atoms with E-state index in [1.54, 1.807) is 19.1 Å². The van der Waals surface area contributed by atoms with Crippen molar-refractivity contribution in [3.8, 4) is 0 Å². The smallest absolute Gasteiger partial charge is 0.237 e. The van der Waals surface area contributed by atoms with Crippen molar-refractivity contribution in [2.24, 2.45) is 16.8 Å². The maximum absolute atomic E-state index is 13.8. The Bertz CT molecular complexity index is 491. The Morgan fingerprint density at radius 1 is 1.45 bits per heavy atom. The number of amidine groups is 1. The van der Waals surface area contributed by atoms with Crippen LogP contribution in [0.2, 0.25) is 0 Å². The molecule has 0 aliphatic heterocycles. The minimum atomic E-state index is -0.746. The van der Waals surface area contributed by atoms with E-state index >= 15 is 0 Å². The monoisotopic (exact) mass is 281 g/mol. The minimum Gasteiger partial charge on any atom is -0.409 e. The topological polar surface area (TPSA) is 78.9 Å². The number of nitrogens with two attached hydrogens (primary N) is 1. The lowest BCUT2D eigenvalue weighted by Gasteiger charge is -2.26. The summed E-state index contributed by atoms with van der Waals surface area (Å²) in [5.74, 6) is -1.73. The second-order valence-electron chi connectivity index (χ2n) is 4.40. The molecular formula is C14H20FN3O2. The van der Waals surface area contributed by atoms with Crippen LogP contribution < -0.4 is 10.6 Å². The van der Waals surface area contributed by atoms with Crippen LogP contribution >= 0.6 is 0 Å². The van der Waals surface area contributed by atoms with Crippen LogP contribution in [-0.2, 0) is 4.79 Å². The fraction of sp³-hybridized carbons (Fsp3) is 0.429. The van der Waals surface area contributed by atoms with E-state index in [9.17, 15) is 9.18 Å². The molecule has 1 aromatic carbocycles. The predicted octanol–water partition coefficient (Wildman–Crippen LogP) is 2.34. The van der Waals surface area contributed by atoms with E-state index in [2.05, 4.69) is 5.16 Å². The molecule has 1 atom stereocenters. The quantitative estimate of drug-likeness (QED) is 0.363. The van der Waals surface area contributed by atoms with Crippen molar-refractivity contribution in [1.82, 2.24) is 0 Å². The first-order valence-corrected chi connectivity index (χ1v) is 6.60. The number of benzene rings is 1. The molecule has 0 aliphatic carbocycles. The Morgan fingerprint density at radius 3 is 2.60 bits per heavy atom. The van der Waals surface area contributed by atoms with Gasteiger partial charge in [-0.05, 0) is 25.5 Å². The van der Waals surface area contributed by atoms with E-state index in [4.69, 9.17) is 10.9 Å². The second-order valence-corrected chi connectivity index (χ2v) is 4.40. The zero-order valence-electron chi connectivity index (χ0n) is 11.7. The van der Waals surface area contributed by atoms with Crippen LogP contribution in [0.5, 0.6) is 0 Å². The molecular weight excluding hydrogens is 261 g/mol. The maximum atomic E-state index is 13.8. The van der Waals surface area contributed by atoms with E-state index in [0.29, 0.717) is 19.4 Å². The average Bonchev–Trinajstić information content (AvgIpc) is 2.46. The van der Waals surface area contributed by atoms with E-state index in [1.807, 2.05) is 6.92 Å². The highest BCUT2D eigenvalue weighted by Gasteiger charge is 2.28. The maximum Gasteiger partial charge on any atom is 0.237 e. The SMILES string of the molecule is CCCC(C(=O)N(CC)c1ccccc1F)C(N)=NO. The fourth-order valence-electron chi connectivity index (χ4n) is 2.06. The number of carbonyl (C=O) groups excluding carboxylic acids is 1. The van der Waals surface area contributed by atoms with E-state index in [-0.39, 0.29) is 17.4 Å². The van der Waals surface area contributed by atoms with Crippen molar-refractivity contribution < 1.29 is 14.4 Å². The fourth-order valence-corrected chi connectivity index (χ4v) is 2.06. The van der Waals surface area contributed by atoms with Crippen molar-refractivity contribution in [3.05, 3.63) is 30.1 Å². The first-order valence-electron chi connectivity index (χ1n) is 6.60. The number of oxime groups is 1. The molecule has 1 unspecified atom stereocenters. The lowest BCUT2D eigenvalue weighted by molar-refractivity contribution is -0.120. The number of hydrogen-bond acceptors (Lipinski definition) is 3. The summed E-state index contributed by atoms with van der Waals surface area (Å²) in [6.07, 6.45) is 1.14. The summed E-state index contributed by atoms with van der Waals surface area (Å²) < 4.78 is 13.8. The van der Waals surface area contributed by atoms with Gasteiger partial charge in [0.25, 0.3) is 0 Å². The van der Waals surface area contributed by atoms with Gasteiger partial charge in [-0.15, -0.1) is 0 Å².